The summed E-state index contributed by atoms with van der Waals surface area (Å²) in [6.45, 7) is 1.47. The van der Waals surface area contributed by atoms with Crippen LogP contribution in [-0.4, -0.2) is 17.2 Å². The van der Waals surface area contributed by atoms with Crippen molar-refractivity contribution in [3.05, 3.63) is 29.3 Å². The number of halogens is 2. The van der Waals surface area contributed by atoms with E-state index in [4.69, 9.17) is 10.0 Å². The van der Waals surface area contributed by atoms with Crippen molar-refractivity contribution in [2.75, 3.05) is 0 Å². The normalized spacial score (nSPS) is 10.1. The molecule has 0 spiro atoms. The molecule has 2 nitrogen and oxygen atoms in total. The summed E-state index contributed by atoms with van der Waals surface area (Å²) in [5, 5.41) is 17.3. The van der Waals surface area contributed by atoms with Crippen LogP contribution in [0.5, 0.6) is 0 Å². The second-order valence-electron chi connectivity index (χ2n) is 2.47. The molecule has 1 aromatic carbocycles. The van der Waals surface area contributed by atoms with Crippen molar-refractivity contribution in [1.29, 1.82) is 0 Å². The quantitative estimate of drug-likeness (QED) is 0.583. The van der Waals surface area contributed by atoms with Crippen LogP contribution in [0.15, 0.2) is 12.1 Å². The topological polar surface area (TPSA) is 40.5 Å². The molecule has 2 N–H and O–H groups in total. The molecule has 0 heterocycles. The summed E-state index contributed by atoms with van der Waals surface area (Å²) in [6.07, 6.45) is 0. The standard InChI is InChI=1S/C7H7BF2O2/c1-4-2-3-5(9)7(10)6(4)8(11)12/h2-3,11-12H,1H3. The average molecular weight is 172 g/mol. The molecule has 0 radical (unpaired) electrons. The van der Waals surface area contributed by atoms with Crippen LogP contribution in [0.1, 0.15) is 5.56 Å². The Bertz CT molecular complexity index is 302. The highest BCUT2D eigenvalue weighted by Crippen LogP contribution is 2.05. The lowest BCUT2D eigenvalue weighted by Gasteiger charge is -2.05. The third kappa shape index (κ3) is 1.46. The van der Waals surface area contributed by atoms with Crippen LogP contribution in [0.2, 0.25) is 0 Å². The lowest BCUT2D eigenvalue weighted by atomic mass is 9.77. The maximum atomic E-state index is 12.8. The monoisotopic (exact) mass is 172 g/mol. The summed E-state index contributed by atoms with van der Waals surface area (Å²) < 4.78 is 25.3. The van der Waals surface area contributed by atoms with Crippen molar-refractivity contribution in [2.24, 2.45) is 0 Å². The van der Waals surface area contributed by atoms with E-state index >= 15 is 0 Å². The average Bonchev–Trinajstić information content (AvgIpc) is 1.97. The minimum absolute atomic E-state index is 0.309. The van der Waals surface area contributed by atoms with E-state index in [2.05, 4.69) is 0 Å². The first kappa shape index (κ1) is 9.16. The van der Waals surface area contributed by atoms with E-state index < -0.39 is 24.2 Å². The Kier molecular flexibility index (Phi) is 2.44. The summed E-state index contributed by atoms with van der Waals surface area (Å²) in [5.41, 5.74) is -0.0982. The second kappa shape index (κ2) is 3.20. The molecular weight excluding hydrogens is 165 g/mol. The SMILES string of the molecule is Cc1ccc(F)c(F)c1B(O)O. The highest BCUT2D eigenvalue weighted by molar-refractivity contribution is 6.59. The Morgan fingerprint density at radius 3 is 2.25 bits per heavy atom. The van der Waals surface area contributed by atoms with Gasteiger partial charge in [-0.2, -0.15) is 0 Å². The minimum atomic E-state index is -1.97. The summed E-state index contributed by atoms with van der Waals surface area (Å²) >= 11 is 0. The van der Waals surface area contributed by atoms with E-state index in [1.165, 1.54) is 13.0 Å². The van der Waals surface area contributed by atoms with Crippen LogP contribution in [0.4, 0.5) is 8.78 Å². The zero-order chi connectivity index (χ0) is 9.30. The van der Waals surface area contributed by atoms with Gasteiger partial charge in [0.2, 0.25) is 0 Å². The molecule has 0 bridgehead atoms. The highest BCUT2D eigenvalue weighted by atomic mass is 19.2. The first-order valence-electron chi connectivity index (χ1n) is 3.34. The third-order valence-electron chi connectivity index (χ3n) is 1.61. The van der Waals surface area contributed by atoms with E-state index in [0.717, 1.165) is 6.07 Å². The summed E-state index contributed by atoms with van der Waals surface area (Å²) in [4.78, 5) is 0. The molecule has 64 valence electrons. The van der Waals surface area contributed by atoms with Gasteiger partial charge < -0.3 is 10.0 Å². The lowest BCUT2D eigenvalue weighted by Crippen LogP contribution is -2.35. The largest absolute Gasteiger partial charge is 0.491 e. The van der Waals surface area contributed by atoms with E-state index in [1.54, 1.807) is 0 Å². The van der Waals surface area contributed by atoms with Gasteiger partial charge in [-0.1, -0.05) is 6.07 Å². The number of rotatable bonds is 1. The molecule has 0 saturated heterocycles. The smallest absolute Gasteiger partial charge is 0.423 e. The van der Waals surface area contributed by atoms with Gasteiger partial charge in [0.15, 0.2) is 11.6 Å². The van der Waals surface area contributed by atoms with Crippen molar-refractivity contribution in [1.82, 2.24) is 0 Å². The molecule has 0 saturated carbocycles. The molecule has 0 aromatic heterocycles. The first-order chi connectivity index (χ1) is 5.54. The van der Waals surface area contributed by atoms with Crippen molar-refractivity contribution in [2.45, 2.75) is 6.92 Å². The van der Waals surface area contributed by atoms with Crippen molar-refractivity contribution in [3.8, 4) is 0 Å². The Morgan fingerprint density at radius 2 is 1.83 bits per heavy atom. The summed E-state index contributed by atoms with van der Waals surface area (Å²) in [7, 11) is -1.97. The fraction of sp³-hybridized carbons (Fsp3) is 0.143. The van der Waals surface area contributed by atoms with E-state index in [-0.39, 0.29) is 0 Å². The Balaban J connectivity index is 3.33. The number of benzene rings is 1. The molecule has 1 rings (SSSR count). The van der Waals surface area contributed by atoms with Crippen molar-refractivity contribution < 1.29 is 18.8 Å². The molecule has 0 aliphatic heterocycles. The predicted octanol–water partition coefficient (Wildman–Crippen LogP) is -0.0470. The fourth-order valence-corrected chi connectivity index (χ4v) is 0.980. The van der Waals surface area contributed by atoms with Gasteiger partial charge in [0.25, 0.3) is 0 Å². The first-order valence-corrected chi connectivity index (χ1v) is 3.34. The Morgan fingerprint density at radius 1 is 1.25 bits per heavy atom. The van der Waals surface area contributed by atoms with Crippen molar-refractivity contribution in [3.63, 3.8) is 0 Å². The third-order valence-corrected chi connectivity index (χ3v) is 1.61. The molecule has 5 heteroatoms. The Labute approximate surface area is 68.6 Å². The van der Waals surface area contributed by atoms with E-state index in [0.29, 0.717) is 5.56 Å². The second-order valence-corrected chi connectivity index (χ2v) is 2.47. The zero-order valence-corrected chi connectivity index (χ0v) is 6.38. The van der Waals surface area contributed by atoms with Crippen LogP contribution in [0, 0.1) is 18.6 Å². The van der Waals surface area contributed by atoms with Gasteiger partial charge in [0.1, 0.15) is 0 Å². The van der Waals surface area contributed by atoms with Gasteiger partial charge in [-0.25, -0.2) is 8.78 Å². The van der Waals surface area contributed by atoms with Gasteiger partial charge in [-0.05, 0) is 18.6 Å². The summed E-state index contributed by atoms with van der Waals surface area (Å²) in [5.74, 6) is -2.28. The maximum Gasteiger partial charge on any atom is 0.491 e. The molecular formula is C7H7BF2O2. The van der Waals surface area contributed by atoms with Gasteiger partial charge in [-0.3, -0.25) is 0 Å². The predicted molar refractivity (Wildman–Crippen MR) is 40.9 cm³/mol. The number of hydrogen-bond donors (Lipinski definition) is 2. The molecule has 0 aliphatic carbocycles. The van der Waals surface area contributed by atoms with Gasteiger partial charge in [0, 0.05) is 5.46 Å². The van der Waals surface area contributed by atoms with Gasteiger partial charge >= 0.3 is 7.12 Å². The molecule has 0 fully saturated rings. The molecule has 0 unspecified atom stereocenters. The van der Waals surface area contributed by atoms with Crippen LogP contribution in [0.25, 0.3) is 0 Å². The van der Waals surface area contributed by atoms with Crippen LogP contribution in [-0.2, 0) is 0 Å². The molecule has 12 heavy (non-hydrogen) atoms. The molecule has 0 aliphatic rings. The minimum Gasteiger partial charge on any atom is -0.423 e. The maximum absolute atomic E-state index is 12.8. The van der Waals surface area contributed by atoms with E-state index in [1.807, 2.05) is 0 Å². The highest BCUT2D eigenvalue weighted by Gasteiger charge is 2.21. The zero-order valence-electron chi connectivity index (χ0n) is 6.38. The van der Waals surface area contributed by atoms with Crippen molar-refractivity contribution >= 4 is 12.6 Å². The van der Waals surface area contributed by atoms with Crippen LogP contribution in [0.3, 0.4) is 0 Å². The Hall–Kier alpha value is -0.935. The lowest BCUT2D eigenvalue weighted by molar-refractivity contribution is 0.419. The van der Waals surface area contributed by atoms with Crippen LogP contribution >= 0.6 is 0 Å². The van der Waals surface area contributed by atoms with Gasteiger partial charge in [-0.15, -0.1) is 0 Å². The fourth-order valence-electron chi connectivity index (χ4n) is 0.980. The van der Waals surface area contributed by atoms with E-state index in [9.17, 15) is 8.78 Å². The molecule has 0 amide bonds. The molecule has 1 aromatic rings. The summed E-state index contributed by atoms with van der Waals surface area (Å²) in [6, 6.07) is 2.23. The van der Waals surface area contributed by atoms with Gasteiger partial charge in [0.05, 0.1) is 0 Å². The molecule has 0 atom stereocenters. The van der Waals surface area contributed by atoms with Crippen LogP contribution < -0.4 is 5.46 Å². The number of hydrogen-bond acceptors (Lipinski definition) is 2. The number of aryl methyl sites for hydroxylation is 1.